The molecule has 6 heteroatoms. The summed E-state index contributed by atoms with van der Waals surface area (Å²) in [5.74, 6) is 1.44. The van der Waals surface area contributed by atoms with Crippen LogP contribution < -0.4 is 11.1 Å². The first-order valence-electron chi connectivity index (χ1n) is 4.34. The van der Waals surface area contributed by atoms with Gasteiger partial charge in [-0.2, -0.15) is 4.98 Å². The summed E-state index contributed by atoms with van der Waals surface area (Å²) in [7, 11) is 0. The quantitative estimate of drug-likeness (QED) is 0.563. The van der Waals surface area contributed by atoms with Gasteiger partial charge in [0.1, 0.15) is 0 Å². The topological polar surface area (TPSA) is 89.0 Å². The third-order valence-electron chi connectivity index (χ3n) is 2.21. The van der Waals surface area contributed by atoms with Gasteiger partial charge in [0.25, 0.3) is 0 Å². The fraction of sp³-hybridized carbons (Fsp3) is 0.714. The molecule has 1 atom stereocenters. The molecule has 0 saturated heterocycles. The molecule has 0 radical (unpaired) electrons. The molecule has 1 aromatic rings. The number of aromatic nitrogens is 3. The fourth-order valence-electron chi connectivity index (χ4n) is 1.54. The van der Waals surface area contributed by atoms with Crippen LogP contribution in [0, 0.1) is 5.92 Å². The molecule has 0 aromatic carbocycles. The fourth-order valence-corrected chi connectivity index (χ4v) is 1.54. The predicted molar refractivity (Wildman–Crippen MR) is 48.1 cm³/mol. The van der Waals surface area contributed by atoms with E-state index in [1.54, 1.807) is 4.68 Å². The third kappa shape index (κ3) is 1.57. The Morgan fingerprint density at radius 3 is 3.31 bits per heavy atom. The molecule has 1 aromatic heterocycles. The monoisotopic (exact) mass is 183 g/mol. The van der Waals surface area contributed by atoms with Crippen molar-refractivity contribution in [2.45, 2.75) is 13.0 Å². The summed E-state index contributed by atoms with van der Waals surface area (Å²) in [6.45, 7) is 1.83. The Morgan fingerprint density at radius 2 is 2.54 bits per heavy atom. The molecule has 0 aliphatic carbocycles. The Kier molecular flexibility index (Phi) is 2.05. The van der Waals surface area contributed by atoms with E-state index in [0.717, 1.165) is 25.5 Å². The first-order valence-corrected chi connectivity index (χ1v) is 4.34. The van der Waals surface area contributed by atoms with Crippen molar-refractivity contribution < 1.29 is 5.11 Å². The van der Waals surface area contributed by atoms with Crippen LogP contribution in [-0.4, -0.2) is 33.0 Å². The average Bonchev–Trinajstić information content (AvgIpc) is 2.44. The van der Waals surface area contributed by atoms with Crippen molar-refractivity contribution in [2.24, 2.45) is 5.92 Å². The zero-order valence-corrected chi connectivity index (χ0v) is 7.27. The second-order valence-corrected chi connectivity index (χ2v) is 3.23. The van der Waals surface area contributed by atoms with Crippen LogP contribution in [0.3, 0.4) is 0 Å². The first kappa shape index (κ1) is 8.31. The highest BCUT2D eigenvalue weighted by molar-refractivity contribution is 5.33. The van der Waals surface area contributed by atoms with Crippen molar-refractivity contribution in [1.29, 1.82) is 0 Å². The minimum atomic E-state index is 0.214. The van der Waals surface area contributed by atoms with E-state index in [0.29, 0.717) is 11.9 Å². The van der Waals surface area contributed by atoms with E-state index in [1.807, 2.05) is 0 Å². The van der Waals surface area contributed by atoms with Crippen LogP contribution in [0.2, 0.25) is 0 Å². The maximum atomic E-state index is 8.77. The Labute approximate surface area is 75.8 Å². The maximum absolute atomic E-state index is 8.77. The molecule has 1 aliphatic rings. The van der Waals surface area contributed by atoms with E-state index in [4.69, 9.17) is 10.8 Å². The van der Waals surface area contributed by atoms with Gasteiger partial charge < -0.3 is 16.2 Å². The van der Waals surface area contributed by atoms with Gasteiger partial charge in [0.15, 0.2) is 0 Å². The summed E-state index contributed by atoms with van der Waals surface area (Å²) in [4.78, 5) is 4.00. The number of aliphatic hydroxyl groups is 1. The number of nitrogens with zero attached hydrogens (tertiary/aromatic N) is 3. The number of fused-ring (bicyclic) bond motifs is 1. The van der Waals surface area contributed by atoms with Gasteiger partial charge in [-0.3, -0.25) is 0 Å². The normalized spacial score (nSPS) is 20.8. The zero-order valence-electron chi connectivity index (χ0n) is 7.27. The molecule has 72 valence electrons. The van der Waals surface area contributed by atoms with Gasteiger partial charge in [-0.15, -0.1) is 5.10 Å². The maximum Gasteiger partial charge on any atom is 0.241 e. The van der Waals surface area contributed by atoms with Crippen molar-refractivity contribution in [3.8, 4) is 0 Å². The highest BCUT2D eigenvalue weighted by atomic mass is 16.3. The lowest BCUT2D eigenvalue weighted by Crippen LogP contribution is -2.28. The number of hydrogen-bond acceptors (Lipinski definition) is 5. The molecule has 4 N–H and O–H groups in total. The smallest absolute Gasteiger partial charge is 0.241 e. The Hall–Kier alpha value is -1.30. The van der Waals surface area contributed by atoms with Crippen molar-refractivity contribution >= 4 is 11.9 Å². The van der Waals surface area contributed by atoms with Crippen LogP contribution in [0.15, 0.2) is 0 Å². The van der Waals surface area contributed by atoms with Crippen LogP contribution in [0.5, 0.6) is 0 Å². The number of aliphatic hydroxyl groups excluding tert-OH is 1. The highest BCUT2D eigenvalue weighted by Gasteiger charge is 2.19. The lowest BCUT2D eigenvalue weighted by molar-refractivity contribution is 0.244. The van der Waals surface area contributed by atoms with Crippen molar-refractivity contribution in [2.75, 3.05) is 24.2 Å². The van der Waals surface area contributed by atoms with Crippen LogP contribution in [-0.2, 0) is 6.54 Å². The largest absolute Gasteiger partial charge is 0.396 e. The van der Waals surface area contributed by atoms with Crippen molar-refractivity contribution in [3.63, 3.8) is 0 Å². The molecular weight excluding hydrogens is 170 g/mol. The Morgan fingerprint density at radius 1 is 1.69 bits per heavy atom. The van der Waals surface area contributed by atoms with E-state index < -0.39 is 0 Å². The Balaban J connectivity index is 2.10. The first-order chi connectivity index (χ1) is 6.29. The second kappa shape index (κ2) is 3.21. The van der Waals surface area contributed by atoms with Crippen LogP contribution >= 0.6 is 0 Å². The average molecular weight is 183 g/mol. The number of anilines is 2. The molecule has 0 saturated carbocycles. The lowest BCUT2D eigenvalue weighted by Gasteiger charge is -2.22. The number of rotatable bonds is 2. The molecule has 0 amide bonds. The summed E-state index contributed by atoms with van der Waals surface area (Å²) in [5, 5.41) is 15.9. The molecule has 1 unspecified atom stereocenters. The predicted octanol–water partition coefficient (Wildman–Crippen LogP) is -0.716. The molecule has 2 heterocycles. The van der Waals surface area contributed by atoms with E-state index in [-0.39, 0.29) is 6.61 Å². The van der Waals surface area contributed by atoms with Gasteiger partial charge in [-0.05, 0) is 12.3 Å². The number of hydrogen-bond donors (Lipinski definition) is 3. The van der Waals surface area contributed by atoms with Gasteiger partial charge in [0.05, 0.1) is 0 Å². The molecular formula is C7H13N5O. The summed E-state index contributed by atoms with van der Waals surface area (Å²) >= 11 is 0. The third-order valence-corrected chi connectivity index (χ3v) is 2.21. The highest BCUT2D eigenvalue weighted by Crippen LogP contribution is 2.17. The van der Waals surface area contributed by atoms with E-state index >= 15 is 0 Å². The molecule has 6 nitrogen and oxygen atoms in total. The molecule has 2 rings (SSSR count). The van der Waals surface area contributed by atoms with Gasteiger partial charge in [-0.25, -0.2) is 4.68 Å². The number of nitrogens with two attached hydrogens (primary N) is 1. The molecule has 0 bridgehead atoms. The summed E-state index contributed by atoms with van der Waals surface area (Å²) in [6.07, 6.45) is 0.784. The number of nitrogens with one attached hydrogen (secondary N) is 1. The molecule has 0 fully saturated rings. The van der Waals surface area contributed by atoms with Crippen LogP contribution in [0.1, 0.15) is 6.42 Å². The number of nitrogen functional groups attached to an aromatic ring is 1. The molecule has 1 aliphatic heterocycles. The van der Waals surface area contributed by atoms with Gasteiger partial charge in [0, 0.05) is 19.7 Å². The minimum Gasteiger partial charge on any atom is -0.396 e. The van der Waals surface area contributed by atoms with Crippen LogP contribution in [0.25, 0.3) is 0 Å². The van der Waals surface area contributed by atoms with Crippen molar-refractivity contribution in [1.82, 2.24) is 14.8 Å². The molecule has 13 heavy (non-hydrogen) atoms. The van der Waals surface area contributed by atoms with Crippen molar-refractivity contribution in [3.05, 3.63) is 0 Å². The SMILES string of the molecule is Nc1nc2n(n1)CC(CCO)CN2. The zero-order chi connectivity index (χ0) is 9.26. The van der Waals surface area contributed by atoms with Gasteiger partial charge >= 0.3 is 0 Å². The Bertz CT molecular complexity index is 297. The molecule has 0 spiro atoms. The lowest BCUT2D eigenvalue weighted by atomic mass is 10.1. The van der Waals surface area contributed by atoms with E-state index in [1.165, 1.54) is 0 Å². The summed E-state index contributed by atoms with van der Waals surface area (Å²) in [5.41, 5.74) is 5.45. The minimum absolute atomic E-state index is 0.214. The van der Waals surface area contributed by atoms with E-state index in [2.05, 4.69) is 15.4 Å². The van der Waals surface area contributed by atoms with Gasteiger partial charge in [-0.1, -0.05) is 0 Å². The van der Waals surface area contributed by atoms with Crippen LogP contribution in [0.4, 0.5) is 11.9 Å². The van der Waals surface area contributed by atoms with E-state index in [9.17, 15) is 0 Å². The standard InChI is InChI=1S/C7H13N5O/c8-6-10-7-9-3-5(1-2-13)4-12(7)11-6/h5,13H,1-4H2,(H3,8,9,10,11). The summed E-state index contributed by atoms with van der Waals surface area (Å²) < 4.78 is 1.75. The summed E-state index contributed by atoms with van der Waals surface area (Å²) in [6, 6.07) is 0. The van der Waals surface area contributed by atoms with Gasteiger partial charge in [0.2, 0.25) is 11.9 Å². The second-order valence-electron chi connectivity index (χ2n) is 3.23.